The Labute approximate surface area is 63.5 Å². The lowest BCUT2D eigenvalue weighted by atomic mass is 10.6. The van der Waals surface area contributed by atoms with Crippen LogP contribution in [0.2, 0.25) is 0 Å². The Morgan fingerprint density at radius 2 is 2.12 bits per heavy atom. The molecule has 0 atom stereocenters. The Hall–Kier alpha value is 0.170. The first-order valence-electron chi connectivity index (χ1n) is 1.98. The van der Waals surface area contributed by atoms with Gasteiger partial charge in [0.25, 0.3) is 4.80 Å². The maximum atomic E-state index is 4.97. The van der Waals surface area contributed by atoms with E-state index < -0.39 is 0 Å². The van der Waals surface area contributed by atoms with Gasteiger partial charge in [0.05, 0.1) is 0 Å². The molecule has 0 unspecified atom stereocenters. The fourth-order valence-corrected chi connectivity index (χ4v) is 1.25. The summed E-state index contributed by atoms with van der Waals surface area (Å²) in [6.07, 6.45) is 0. The van der Waals surface area contributed by atoms with Crippen molar-refractivity contribution in [3.05, 3.63) is 15.2 Å². The van der Waals surface area contributed by atoms with Gasteiger partial charge in [-0.25, -0.2) is 0 Å². The SMILES string of the molecule is Cc1oc(Br)nc1Br. The van der Waals surface area contributed by atoms with E-state index in [-0.39, 0.29) is 0 Å². The maximum Gasteiger partial charge on any atom is 0.265 e. The summed E-state index contributed by atoms with van der Waals surface area (Å²) < 4.78 is 5.73. The second kappa shape index (κ2) is 2.19. The molecule has 0 radical (unpaired) electrons. The van der Waals surface area contributed by atoms with Crippen molar-refractivity contribution >= 4 is 31.9 Å². The van der Waals surface area contributed by atoms with Gasteiger partial charge in [-0.3, -0.25) is 0 Å². The molecule has 44 valence electrons. The van der Waals surface area contributed by atoms with Crippen LogP contribution < -0.4 is 0 Å². The van der Waals surface area contributed by atoms with Crippen LogP contribution in [0.3, 0.4) is 0 Å². The van der Waals surface area contributed by atoms with E-state index in [0.29, 0.717) is 4.80 Å². The molecular formula is C4H3Br2NO. The Bertz CT molecular complexity index is 176. The second-order valence-electron chi connectivity index (χ2n) is 1.31. The summed E-state index contributed by atoms with van der Waals surface area (Å²) in [5.41, 5.74) is 0. The lowest BCUT2D eigenvalue weighted by Crippen LogP contribution is -1.62. The molecule has 0 saturated heterocycles. The largest absolute Gasteiger partial charge is 0.435 e. The molecule has 0 saturated carbocycles. The molecule has 0 aromatic carbocycles. The Balaban J connectivity index is 3.14. The topological polar surface area (TPSA) is 26.0 Å². The smallest absolute Gasteiger partial charge is 0.265 e. The molecule has 1 heterocycles. The van der Waals surface area contributed by atoms with Crippen LogP contribution in [0.1, 0.15) is 5.76 Å². The number of nitrogens with zero attached hydrogens (tertiary/aromatic N) is 1. The normalized spacial score (nSPS) is 9.88. The van der Waals surface area contributed by atoms with E-state index in [4.69, 9.17) is 4.42 Å². The number of aromatic nitrogens is 1. The zero-order valence-electron chi connectivity index (χ0n) is 4.11. The zero-order chi connectivity index (χ0) is 6.15. The molecule has 0 aliphatic heterocycles. The fraction of sp³-hybridized carbons (Fsp3) is 0.250. The predicted molar refractivity (Wildman–Crippen MR) is 36.6 cm³/mol. The van der Waals surface area contributed by atoms with Crippen molar-refractivity contribution in [1.29, 1.82) is 0 Å². The van der Waals surface area contributed by atoms with Crippen LogP contribution >= 0.6 is 31.9 Å². The van der Waals surface area contributed by atoms with Gasteiger partial charge in [-0.05, 0) is 22.9 Å². The highest BCUT2D eigenvalue weighted by Gasteiger charge is 2.00. The van der Waals surface area contributed by atoms with Crippen molar-refractivity contribution in [1.82, 2.24) is 4.98 Å². The van der Waals surface area contributed by atoms with Crippen molar-refractivity contribution in [2.45, 2.75) is 6.92 Å². The molecule has 0 aliphatic rings. The van der Waals surface area contributed by atoms with Crippen molar-refractivity contribution < 1.29 is 4.42 Å². The van der Waals surface area contributed by atoms with Gasteiger partial charge in [-0.2, -0.15) is 4.98 Å². The molecule has 0 bridgehead atoms. The third kappa shape index (κ3) is 1.11. The summed E-state index contributed by atoms with van der Waals surface area (Å²) in [6.45, 7) is 1.84. The third-order valence-electron chi connectivity index (χ3n) is 0.714. The zero-order valence-corrected chi connectivity index (χ0v) is 7.28. The van der Waals surface area contributed by atoms with Gasteiger partial charge in [0, 0.05) is 15.9 Å². The van der Waals surface area contributed by atoms with Crippen LogP contribution in [-0.2, 0) is 0 Å². The van der Waals surface area contributed by atoms with E-state index in [0.717, 1.165) is 10.4 Å². The molecular weight excluding hydrogens is 238 g/mol. The molecule has 8 heavy (non-hydrogen) atoms. The first-order chi connectivity index (χ1) is 3.70. The first-order valence-corrected chi connectivity index (χ1v) is 3.57. The second-order valence-corrected chi connectivity index (χ2v) is 2.74. The molecule has 0 spiro atoms. The van der Waals surface area contributed by atoms with E-state index in [1.807, 2.05) is 6.92 Å². The molecule has 1 aromatic rings. The number of hydrogen-bond acceptors (Lipinski definition) is 2. The molecule has 4 heteroatoms. The van der Waals surface area contributed by atoms with Gasteiger partial charge in [-0.15, -0.1) is 0 Å². The summed E-state index contributed by atoms with van der Waals surface area (Å²) in [6, 6.07) is 0. The van der Waals surface area contributed by atoms with Crippen LogP contribution in [0.15, 0.2) is 13.8 Å². The monoisotopic (exact) mass is 239 g/mol. The Kier molecular flexibility index (Phi) is 1.72. The van der Waals surface area contributed by atoms with Crippen LogP contribution in [0, 0.1) is 6.92 Å². The van der Waals surface area contributed by atoms with Crippen LogP contribution in [0.5, 0.6) is 0 Å². The van der Waals surface area contributed by atoms with Crippen LogP contribution in [0.4, 0.5) is 0 Å². The van der Waals surface area contributed by atoms with E-state index in [2.05, 4.69) is 36.8 Å². The third-order valence-corrected chi connectivity index (χ3v) is 1.79. The van der Waals surface area contributed by atoms with Gasteiger partial charge in [0.2, 0.25) is 0 Å². The summed E-state index contributed by atoms with van der Waals surface area (Å²) in [7, 11) is 0. The standard InChI is InChI=1S/C4H3Br2NO/c1-2-3(5)7-4(6)8-2/h1H3. The average Bonchev–Trinajstić information content (AvgIpc) is 1.85. The highest BCUT2D eigenvalue weighted by molar-refractivity contribution is 9.11. The van der Waals surface area contributed by atoms with E-state index in [1.54, 1.807) is 0 Å². The molecule has 1 rings (SSSR count). The number of halogens is 2. The lowest BCUT2D eigenvalue weighted by molar-refractivity contribution is 0.499. The summed E-state index contributed by atoms with van der Waals surface area (Å²) >= 11 is 6.26. The number of oxazole rings is 1. The maximum absolute atomic E-state index is 4.97. The van der Waals surface area contributed by atoms with Crippen LogP contribution in [-0.4, -0.2) is 4.98 Å². The van der Waals surface area contributed by atoms with E-state index in [1.165, 1.54) is 0 Å². The quantitative estimate of drug-likeness (QED) is 0.697. The van der Waals surface area contributed by atoms with Gasteiger partial charge >= 0.3 is 0 Å². The van der Waals surface area contributed by atoms with Gasteiger partial charge in [-0.1, -0.05) is 0 Å². The van der Waals surface area contributed by atoms with Crippen molar-refractivity contribution in [2.75, 3.05) is 0 Å². The number of hydrogen-bond donors (Lipinski definition) is 0. The molecule has 0 aliphatic carbocycles. The lowest BCUT2D eigenvalue weighted by Gasteiger charge is -1.74. The first kappa shape index (κ1) is 6.29. The molecule has 0 amide bonds. The minimum Gasteiger partial charge on any atom is -0.435 e. The summed E-state index contributed by atoms with van der Waals surface area (Å²) in [5.74, 6) is 0.789. The van der Waals surface area contributed by atoms with Crippen molar-refractivity contribution in [3.63, 3.8) is 0 Å². The minimum atomic E-state index is 0.516. The fourth-order valence-electron chi connectivity index (χ4n) is 0.347. The summed E-state index contributed by atoms with van der Waals surface area (Å²) in [5, 5.41) is 0. The average molecular weight is 241 g/mol. The van der Waals surface area contributed by atoms with Crippen LogP contribution in [0.25, 0.3) is 0 Å². The molecule has 0 N–H and O–H groups in total. The number of aryl methyl sites for hydroxylation is 1. The highest BCUT2D eigenvalue weighted by atomic mass is 79.9. The van der Waals surface area contributed by atoms with Crippen molar-refractivity contribution in [3.8, 4) is 0 Å². The Morgan fingerprint density at radius 3 is 2.25 bits per heavy atom. The molecule has 0 fully saturated rings. The van der Waals surface area contributed by atoms with E-state index >= 15 is 0 Å². The minimum absolute atomic E-state index is 0.516. The van der Waals surface area contributed by atoms with E-state index in [9.17, 15) is 0 Å². The highest BCUT2D eigenvalue weighted by Crippen LogP contribution is 2.18. The van der Waals surface area contributed by atoms with Gasteiger partial charge in [0.15, 0.2) is 0 Å². The predicted octanol–water partition coefficient (Wildman–Crippen LogP) is 2.51. The Morgan fingerprint density at radius 1 is 1.50 bits per heavy atom. The molecule has 2 nitrogen and oxygen atoms in total. The number of rotatable bonds is 0. The summed E-state index contributed by atoms with van der Waals surface area (Å²) in [4.78, 5) is 4.39. The van der Waals surface area contributed by atoms with Gasteiger partial charge in [0.1, 0.15) is 10.4 Å². The van der Waals surface area contributed by atoms with Crippen molar-refractivity contribution in [2.24, 2.45) is 0 Å². The van der Waals surface area contributed by atoms with Gasteiger partial charge < -0.3 is 4.42 Å². The molecule has 1 aromatic heterocycles.